The van der Waals surface area contributed by atoms with Gasteiger partial charge in [0.15, 0.2) is 0 Å². The van der Waals surface area contributed by atoms with E-state index < -0.39 is 5.97 Å². The van der Waals surface area contributed by atoms with Gasteiger partial charge in [0.1, 0.15) is 5.82 Å². The molecule has 0 saturated heterocycles. The molecule has 0 atom stereocenters. The Kier molecular flexibility index (Phi) is 5.37. The van der Waals surface area contributed by atoms with Gasteiger partial charge in [0.2, 0.25) is 0 Å². The van der Waals surface area contributed by atoms with Crippen molar-refractivity contribution in [3.8, 4) is 5.69 Å². The van der Waals surface area contributed by atoms with Crippen LogP contribution in [-0.2, 0) is 4.79 Å². The fourth-order valence-corrected chi connectivity index (χ4v) is 2.44. The smallest absolute Gasteiger partial charge is 0.335 e. The highest BCUT2D eigenvalue weighted by atomic mass is 16.4. The van der Waals surface area contributed by atoms with Crippen LogP contribution in [0.25, 0.3) is 11.3 Å². The van der Waals surface area contributed by atoms with E-state index in [0.29, 0.717) is 11.3 Å². The first-order chi connectivity index (χ1) is 11.5. The van der Waals surface area contributed by atoms with Crippen molar-refractivity contribution < 1.29 is 9.90 Å². The number of carboxylic acid groups (broad SMARTS) is 1. The van der Waals surface area contributed by atoms with Gasteiger partial charge in [-0.1, -0.05) is 36.9 Å². The van der Waals surface area contributed by atoms with Crippen molar-refractivity contribution in [2.24, 2.45) is 0 Å². The summed E-state index contributed by atoms with van der Waals surface area (Å²) in [6, 6.07) is 9.77. The number of nitrogens with one attached hydrogen (secondary N) is 1. The summed E-state index contributed by atoms with van der Waals surface area (Å²) in [5, 5.41) is 16.9. The Bertz CT molecular complexity index is 815. The zero-order chi connectivity index (χ0) is 17.7. The van der Waals surface area contributed by atoms with Crippen LogP contribution in [0.4, 0.5) is 5.82 Å². The maximum absolute atomic E-state index is 11.1. The molecule has 0 aliphatic heterocycles. The number of nitrogens with zero attached hydrogens (tertiary/aromatic N) is 2. The molecule has 24 heavy (non-hydrogen) atoms. The molecule has 0 saturated carbocycles. The summed E-state index contributed by atoms with van der Waals surface area (Å²) in [5.74, 6) is -0.196. The summed E-state index contributed by atoms with van der Waals surface area (Å²) in [7, 11) is 1.84. The van der Waals surface area contributed by atoms with Crippen molar-refractivity contribution in [1.29, 1.82) is 0 Å². The van der Waals surface area contributed by atoms with Crippen molar-refractivity contribution in [2.75, 3.05) is 12.4 Å². The average Bonchev–Trinajstić information content (AvgIpc) is 2.91. The molecule has 0 amide bonds. The monoisotopic (exact) mass is 323 g/mol. The third kappa shape index (κ3) is 3.46. The van der Waals surface area contributed by atoms with Crippen molar-refractivity contribution in [3.63, 3.8) is 0 Å². The molecule has 1 heterocycles. The van der Waals surface area contributed by atoms with Crippen LogP contribution in [0.2, 0.25) is 0 Å². The molecule has 0 spiro atoms. The molecule has 0 unspecified atom stereocenters. The first-order valence-electron chi connectivity index (χ1n) is 7.59. The molecule has 5 heteroatoms. The minimum absolute atomic E-state index is 0.0165. The first-order valence-corrected chi connectivity index (χ1v) is 7.59. The van der Waals surface area contributed by atoms with Gasteiger partial charge in [-0.3, -0.25) is 0 Å². The fraction of sp³-hybridized carbons (Fsp3) is 0.158. The van der Waals surface area contributed by atoms with Gasteiger partial charge in [-0.2, -0.15) is 5.10 Å². The first kappa shape index (κ1) is 17.3. The van der Waals surface area contributed by atoms with Crippen LogP contribution in [0.3, 0.4) is 0 Å². The second kappa shape index (κ2) is 7.46. The Hall–Kier alpha value is -3.08. The van der Waals surface area contributed by atoms with E-state index in [1.54, 1.807) is 0 Å². The second-order valence-electron chi connectivity index (χ2n) is 5.25. The second-order valence-corrected chi connectivity index (χ2v) is 5.25. The number of hydrogen-bond acceptors (Lipinski definition) is 3. The Morgan fingerprint density at radius 2 is 2.00 bits per heavy atom. The lowest BCUT2D eigenvalue weighted by Gasteiger charge is -2.06. The molecule has 0 radical (unpaired) electrons. The third-order valence-electron chi connectivity index (χ3n) is 3.58. The number of anilines is 1. The molecule has 124 valence electrons. The van der Waals surface area contributed by atoms with Gasteiger partial charge in [0.05, 0.1) is 17.0 Å². The lowest BCUT2D eigenvalue weighted by atomic mass is 10.1. The SMILES string of the molecule is C=C(/C=C(\C=C/C)c1nn(-c2ccccc2)c(NC)c1C)C(=O)O. The van der Waals surface area contributed by atoms with E-state index in [0.717, 1.165) is 17.1 Å². The van der Waals surface area contributed by atoms with Gasteiger partial charge >= 0.3 is 5.97 Å². The minimum Gasteiger partial charge on any atom is -0.478 e. The molecule has 5 nitrogen and oxygen atoms in total. The van der Waals surface area contributed by atoms with E-state index in [9.17, 15) is 4.79 Å². The van der Waals surface area contributed by atoms with Gasteiger partial charge < -0.3 is 10.4 Å². The van der Waals surface area contributed by atoms with E-state index in [1.165, 1.54) is 6.08 Å². The molecule has 2 aromatic rings. The largest absolute Gasteiger partial charge is 0.478 e. The van der Waals surface area contributed by atoms with E-state index in [4.69, 9.17) is 5.11 Å². The molecule has 1 aromatic heterocycles. The molecule has 0 aliphatic rings. The number of allylic oxidation sites excluding steroid dienone is 3. The van der Waals surface area contributed by atoms with E-state index in [2.05, 4.69) is 17.0 Å². The van der Waals surface area contributed by atoms with Gasteiger partial charge in [-0.25, -0.2) is 9.48 Å². The summed E-state index contributed by atoms with van der Waals surface area (Å²) in [6.07, 6.45) is 5.21. The predicted molar refractivity (Wildman–Crippen MR) is 97.4 cm³/mol. The average molecular weight is 323 g/mol. The number of carboxylic acids is 1. The number of carbonyl (C=O) groups is 1. The van der Waals surface area contributed by atoms with Crippen LogP contribution in [0.5, 0.6) is 0 Å². The summed E-state index contributed by atoms with van der Waals surface area (Å²) < 4.78 is 1.81. The highest BCUT2D eigenvalue weighted by Crippen LogP contribution is 2.28. The van der Waals surface area contributed by atoms with Gasteiger partial charge in [-0.05, 0) is 32.1 Å². The standard InChI is InChI=1S/C19H21N3O2/c1-5-9-15(12-13(2)19(23)24)17-14(3)18(20-4)22(21-17)16-10-7-6-8-11-16/h5-12,20H,2H2,1,3-4H3,(H,23,24)/b9-5-,15-12+. The fourth-order valence-electron chi connectivity index (χ4n) is 2.44. The number of aliphatic carboxylic acids is 1. The van der Waals surface area contributed by atoms with E-state index in [-0.39, 0.29) is 5.57 Å². The van der Waals surface area contributed by atoms with Crippen LogP contribution in [0.1, 0.15) is 18.2 Å². The molecule has 0 aliphatic carbocycles. The van der Waals surface area contributed by atoms with Crippen LogP contribution in [0.15, 0.2) is 60.7 Å². The van der Waals surface area contributed by atoms with E-state index >= 15 is 0 Å². The number of aromatic nitrogens is 2. The summed E-state index contributed by atoms with van der Waals surface area (Å²) in [5.41, 5.74) is 3.29. The normalized spacial score (nSPS) is 11.7. The van der Waals surface area contributed by atoms with Gasteiger partial charge in [-0.15, -0.1) is 0 Å². The summed E-state index contributed by atoms with van der Waals surface area (Å²) in [4.78, 5) is 11.1. The maximum atomic E-state index is 11.1. The van der Waals surface area contributed by atoms with Crippen LogP contribution >= 0.6 is 0 Å². The zero-order valence-electron chi connectivity index (χ0n) is 14.1. The maximum Gasteiger partial charge on any atom is 0.335 e. The molecular weight excluding hydrogens is 302 g/mol. The number of benzene rings is 1. The molecular formula is C19H21N3O2. The topological polar surface area (TPSA) is 67.2 Å². The molecule has 0 fully saturated rings. The van der Waals surface area contributed by atoms with Crippen LogP contribution < -0.4 is 5.32 Å². The molecule has 1 aromatic carbocycles. The van der Waals surface area contributed by atoms with Crippen molar-refractivity contribution in [1.82, 2.24) is 9.78 Å². The quantitative estimate of drug-likeness (QED) is 0.626. The number of para-hydroxylation sites is 1. The Balaban J connectivity index is 2.63. The Labute approximate surface area is 141 Å². The van der Waals surface area contributed by atoms with Crippen LogP contribution in [0, 0.1) is 6.92 Å². The molecule has 2 rings (SSSR count). The predicted octanol–water partition coefficient (Wildman–Crippen LogP) is 3.82. The number of rotatable bonds is 6. The third-order valence-corrected chi connectivity index (χ3v) is 3.58. The van der Waals surface area contributed by atoms with Crippen molar-refractivity contribution in [3.05, 3.63) is 72.0 Å². The Morgan fingerprint density at radius 3 is 2.54 bits per heavy atom. The Morgan fingerprint density at radius 1 is 1.33 bits per heavy atom. The molecule has 0 bridgehead atoms. The lowest BCUT2D eigenvalue weighted by molar-refractivity contribution is -0.132. The minimum atomic E-state index is -1.05. The van der Waals surface area contributed by atoms with Crippen molar-refractivity contribution in [2.45, 2.75) is 13.8 Å². The van der Waals surface area contributed by atoms with E-state index in [1.807, 2.05) is 68.1 Å². The summed E-state index contributed by atoms with van der Waals surface area (Å²) >= 11 is 0. The number of hydrogen-bond donors (Lipinski definition) is 2. The van der Waals surface area contributed by atoms with Gasteiger partial charge in [0, 0.05) is 18.2 Å². The lowest BCUT2D eigenvalue weighted by Crippen LogP contribution is -2.02. The highest BCUT2D eigenvalue weighted by molar-refractivity contribution is 5.93. The van der Waals surface area contributed by atoms with Crippen molar-refractivity contribution >= 4 is 17.4 Å². The summed E-state index contributed by atoms with van der Waals surface area (Å²) in [6.45, 7) is 7.41. The molecule has 2 N–H and O–H groups in total. The van der Waals surface area contributed by atoms with Crippen LogP contribution in [-0.4, -0.2) is 27.9 Å². The zero-order valence-corrected chi connectivity index (χ0v) is 14.1. The highest BCUT2D eigenvalue weighted by Gasteiger charge is 2.17. The van der Waals surface area contributed by atoms with Gasteiger partial charge in [0.25, 0.3) is 0 Å².